The molecule has 0 spiro atoms. The molecule has 1 aliphatic rings. The summed E-state index contributed by atoms with van der Waals surface area (Å²) in [7, 11) is 0. The molecule has 0 atom stereocenters. The fourth-order valence-electron chi connectivity index (χ4n) is 7.87. The maximum Gasteiger partial charge on any atom is 0.137 e. The summed E-state index contributed by atoms with van der Waals surface area (Å²) in [6.45, 7) is 4.70. The fraction of sp³-hybridized carbons (Fsp3) is 0.0698. The van der Waals surface area contributed by atoms with Crippen LogP contribution in [0.4, 0.5) is 17.1 Å². The molecule has 1 aliphatic carbocycles. The second-order valence-corrected chi connectivity index (χ2v) is 14.0. The molecule has 2 nitrogen and oxygen atoms in total. The molecule has 9 aromatic rings. The van der Waals surface area contributed by atoms with Crippen LogP contribution in [-0.2, 0) is 5.41 Å². The predicted octanol–water partition coefficient (Wildman–Crippen LogP) is 12.9. The third-order valence-electron chi connectivity index (χ3n) is 10.0. The predicted molar refractivity (Wildman–Crippen MR) is 196 cm³/mol. The van der Waals surface area contributed by atoms with Crippen LogP contribution in [0.2, 0.25) is 0 Å². The van der Waals surface area contributed by atoms with Crippen molar-refractivity contribution in [2.45, 2.75) is 19.3 Å². The molecule has 0 N–H and O–H groups in total. The van der Waals surface area contributed by atoms with Gasteiger partial charge in [-0.3, -0.25) is 0 Å². The Hall–Kier alpha value is -5.38. The van der Waals surface area contributed by atoms with Crippen molar-refractivity contribution < 1.29 is 4.42 Å². The third-order valence-corrected chi connectivity index (χ3v) is 11.2. The Kier molecular flexibility index (Phi) is 5.25. The molecule has 2 aromatic heterocycles. The third kappa shape index (κ3) is 3.52. The molecular formula is C43H29NOS. The maximum atomic E-state index is 6.44. The van der Waals surface area contributed by atoms with E-state index in [0.717, 1.165) is 33.3 Å². The van der Waals surface area contributed by atoms with Crippen molar-refractivity contribution in [2.24, 2.45) is 0 Å². The van der Waals surface area contributed by atoms with Crippen molar-refractivity contribution in [1.29, 1.82) is 0 Å². The molecule has 7 aromatic carbocycles. The highest BCUT2D eigenvalue weighted by molar-refractivity contribution is 7.26. The van der Waals surface area contributed by atoms with E-state index in [4.69, 9.17) is 4.42 Å². The van der Waals surface area contributed by atoms with Crippen molar-refractivity contribution in [3.8, 4) is 11.1 Å². The van der Waals surface area contributed by atoms with Gasteiger partial charge in [0.15, 0.2) is 0 Å². The minimum absolute atomic E-state index is 0.103. The highest BCUT2D eigenvalue weighted by Crippen LogP contribution is 2.52. The van der Waals surface area contributed by atoms with E-state index >= 15 is 0 Å². The van der Waals surface area contributed by atoms with Gasteiger partial charge in [0, 0.05) is 59.2 Å². The Morgan fingerprint density at radius 3 is 2.04 bits per heavy atom. The van der Waals surface area contributed by atoms with E-state index in [1.807, 2.05) is 17.4 Å². The molecule has 218 valence electrons. The van der Waals surface area contributed by atoms with Gasteiger partial charge in [-0.05, 0) is 70.1 Å². The van der Waals surface area contributed by atoms with Crippen LogP contribution in [0, 0.1) is 0 Å². The van der Waals surface area contributed by atoms with E-state index in [1.165, 1.54) is 58.9 Å². The Morgan fingerprint density at radius 1 is 0.500 bits per heavy atom. The number of nitrogens with zero attached hydrogens (tertiary/aromatic N) is 1. The first-order valence-corrected chi connectivity index (χ1v) is 16.7. The quantitative estimate of drug-likeness (QED) is 0.199. The topological polar surface area (TPSA) is 16.4 Å². The largest absolute Gasteiger partial charge is 0.456 e. The van der Waals surface area contributed by atoms with Crippen LogP contribution in [0.15, 0.2) is 144 Å². The summed E-state index contributed by atoms with van der Waals surface area (Å²) in [6, 6.07) is 51.0. The monoisotopic (exact) mass is 607 g/mol. The molecule has 0 aliphatic heterocycles. The molecule has 0 saturated heterocycles. The van der Waals surface area contributed by atoms with Crippen LogP contribution < -0.4 is 4.90 Å². The van der Waals surface area contributed by atoms with Gasteiger partial charge < -0.3 is 9.32 Å². The summed E-state index contributed by atoms with van der Waals surface area (Å²) in [5.74, 6) is 0. The van der Waals surface area contributed by atoms with Gasteiger partial charge in [-0.2, -0.15) is 0 Å². The molecule has 0 unspecified atom stereocenters. The number of furan rings is 1. The van der Waals surface area contributed by atoms with Gasteiger partial charge in [-0.15, -0.1) is 11.3 Å². The van der Waals surface area contributed by atoms with Crippen molar-refractivity contribution in [1.82, 2.24) is 0 Å². The summed E-state index contributed by atoms with van der Waals surface area (Å²) >= 11 is 1.87. The van der Waals surface area contributed by atoms with E-state index in [0.29, 0.717) is 0 Å². The van der Waals surface area contributed by atoms with E-state index in [1.54, 1.807) is 0 Å². The standard InChI is InChI=1S/C43H29NOS/c1-43(2)35-16-8-5-11-28(35)29-21-19-26(23-36(29)43)44(27-20-22-32-31-13-6-9-17-38(31)45-39(32)24-27)37-25-41-42(33-14-4-3-12-30(33)37)34-15-7-10-18-40(34)46-41/h3-25H,1-2H3. The lowest BCUT2D eigenvalue weighted by Gasteiger charge is -2.29. The SMILES string of the molecule is CC1(C)c2ccccc2-c2ccc(N(c3ccc4c(c3)oc3ccccc34)c3cc4sc5ccccc5c4c4ccccc34)cc21. The minimum Gasteiger partial charge on any atom is -0.456 e. The van der Waals surface area contributed by atoms with Crippen molar-refractivity contribution >= 4 is 81.3 Å². The van der Waals surface area contributed by atoms with E-state index in [-0.39, 0.29) is 5.41 Å². The smallest absolute Gasteiger partial charge is 0.137 e. The normalized spacial score (nSPS) is 13.6. The Labute approximate surface area is 270 Å². The van der Waals surface area contributed by atoms with Crippen molar-refractivity contribution in [3.63, 3.8) is 0 Å². The van der Waals surface area contributed by atoms with Crippen LogP contribution in [0.3, 0.4) is 0 Å². The molecule has 10 rings (SSSR count). The first-order chi connectivity index (χ1) is 22.6. The average molecular weight is 608 g/mol. The van der Waals surface area contributed by atoms with Gasteiger partial charge in [0.05, 0.1) is 5.69 Å². The highest BCUT2D eigenvalue weighted by atomic mass is 32.1. The van der Waals surface area contributed by atoms with Crippen LogP contribution in [0.25, 0.3) is 64.0 Å². The summed E-state index contributed by atoms with van der Waals surface area (Å²) < 4.78 is 9.04. The number of fused-ring (bicyclic) bond motifs is 11. The number of anilines is 3. The van der Waals surface area contributed by atoms with Crippen molar-refractivity contribution in [2.75, 3.05) is 4.90 Å². The lowest BCUT2D eigenvalue weighted by molar-refractivity contribution is 0.660. The molecule has 3 heteroatoms. The summed E-state index contributed by atoms with van der Waals surface area (Å²) in [5.41, 5.74) is 10.5. The summed E-state index contributed by atoms with van der Waals surface area (Å²) in [5, 5.41) is 7.43. The lowest BCUT2D eigenvalue weighted by Crippen LogP contribution is -2.16. The number of rotatable bonds is 3. The van der Waals surface area contributed by atoms with Crippen molar-refractivity contribution in [3.05, 3.63) is 151 Å². The second-order valence-electron chi connectivity index (χ2n) is 12.9. The lowest BCUT2D eigenvalue weighted by atomic mass is 9.82. The molecule has 0 amide bonds. The molecular weight excluding hydrogens is 579 g/mol. The molecule has 46 heavy (non-hydrogen) atoms. The average Bonchev–Trinajstić information content (AvgIpc) is 3.73. The van der Waals surface area contributed by atoms with Gasteiger partial charge >= 0.3 is 0 Å². The number of hydrogen-bond acceptors (Lipinski definition) is 3. The van der Waals surface area contributed by atoms with Crippen LogP contribution >= 0.6 is 11.3 Å². The Balaban J connectivity index is 1.28. The van der Waals surface area contributed by atoms with Crippen LogP contribution in [-0.4, -0.2) is 0 Å². The molecule has 0 bridgehead atoms. The van der Waals surface area contributed by atoms with Gasteiger partial charge in [-0.25, -0.2) is 0 Å². The number of para-hydroxylation sites is 1. The first-order valence-electron chi connectivity index (χ1n) is 15.9. The Bertz CT molecular complexity index is 2690. The minimum atomic E-state index is -0.103. The Morgan fingerprint density at radius 2 is 1.15 bits per heavy atom. The zero-order valence-electron chi connectivity index (χ0n) is 25.5. The number of hydrogen-bond donors (Lipinski definition) is 0. The van der Waals surface area contributed by atoms with Crippen LogP contribution in [0.1, 0.15) is 25.0 Å². The van der Waals surface area contributed by atoms with Crippen LogP contribution in [0.5, 0.6) is 0 Å². The fourth-order valence-corrected chi connectivity index (χ4v) is 9.02. The molecule has 0 saturated carbocycles. The zero-order chi connectivity index (χ0) is 30.6. The number of thiophene rings is 1. The highest BCUT2D eigenvalue weighted by Gasteiger charge is 2.36. The summed E-state index contributed by atoms with van der Waals surface area (Å²) in [6.07, 6.45) is 0. The molecule has 2 heterocycles. The zero-order valence-corrected chi connectivity index (χ0v) is 26.4. The first kappa shape index (κ1) is 25.9. The van der Waals surface area contributed by atoms with E-state index in [2.05, 4.69) is 152 Å². The van der Waals surface area contributed by atoms with Gasteiger partial charge in [0.2, 0.25) is 0 Å². The van der Waals surface area contributed by atoms with Gasteiger partial charge in [0.1, 0.15) is 11.2 Å². The molecule has 0 radical (unpaired) electrons. The van der Waals surface area contributed by atoms with E-state index in [9.17, 15) is 0 Å². The molecule has 0 fully saturated rings. The van der Waals surface area contributed by atoms with Gasteiger partial charge in [0.25, 0.3) is 0 Å². The number of benzene rings is 7. The van der Waals surface area contributed by atoms with Gasteiger partial charge in [-0.1, -0.05) is 105 Å². The maximum absolute atomic E-state index is 6.44. The second kappa shape index (κ2) is 9.32. The summed E-state index contributed by atoms with van der Waals surface area (Å²) in [4.78, 5) is 2.44. The van der Waals surface area contributed by atoms with E-state index < -0.39 is 0 Å².